The average Bonchev–Trinajstić information content (AvgIpc) is 2.77. The minimum atomic E-state index is 0.156. The molecule has 0 unspecified atom stereocenters. The van der Waals surface area contributed by atoms with Crippen LogP contribution < -0.4 is 0 Å². The molecule has 1 amide bonds. The molecular formula is C15H18N2O. The van der Waals surface area contributed by atoms with Crippen LogP contribution in [0.1, 0.15) is 35.3 Å². The van der Waals surface area contributed by atoms with Gasteiger partial charge >= 0.3 is 0 Å². The molecule has 1 aromatic carbocycles. The van der Waals surface area contributed by atoms with Crippen molar-refractivity contribution in [3.05, 3.63) is 35.5 Å². The Morgan fingerprint density at radius 1 is 1.17 bits per heavy atom. The second-order valence-corrected chi connectivity index (χ2v) is 5.02. The molecule has 2 heterocycles. The van der Waals surface area contributed by atoms with Crippen LogP contribution in [0.15, 0.2) is 24.3 Å². The zero-order chi connectivity index (χ0) is 12.5. The number of amides is 1. The van der Waals surface area contributed by atoms with E-state index in [4.69, 9.17) is 0 Å². The summed E-state index contributed by atoms with van der Waals surface area (Å²) in [5, 5.41) is 1.15. The number of aryl methyl sites for hydroxylation is 1. The number of hydrogen-bond donors (Lipinski definition) is 1. The number of aromatic nitrogens is 1. The first-order valence-electron chi connectivity index (χ1n) is 6.64. The predicted octanol–water partition coefficient (Wildman–Crippen LogP) is 3.10. The Morgan fingerprint density at radius 2 is 1.89 bits per heavy atom. The Morgan fingerprint density at radius 3 is 2.61 bits per heavy atom. The summed E-state index contributed by atoms with van der Waals surface area (Å²) < 4.78 is 0. The van der Waals surface area contributed by atoms with Crippen molar-refractivity contribution in [1.82, 2.24) is 9.88 Å². The lowest BCUT2D eigenvalue weighted by Crippen LogP contribution is -2.36. The van der Waals surface area contributed by atoms with Gasteiger partial charge in [0.25, 0.3) is 5.91 Å². The molecule has 1 saturated heterocycles. The molecule has 1 aliphatic heterocycles. The van der Waals surface area contributed by atoms with E-state index < -0.39 is 0 Å². The highest BCUT2D eigenvalue weighted by molar-refractivity contribution is 6.00. The van der Waals surface area contributed by atoms with Gasteiger partial charge in [-0.3, -0.25) is 4.79 Å². The molecule has 2 aromatic rings. The number of fused-ring (bicyclic) bond motifs is 1. The van der Waals surface area contributed by atoms with Crippen LogP contribution in [0.4, 0.5) is 0 Å². The lowest BCUT2D eigenvalue weighted by molar-refractivity contribution is 0.0718. The van der Waals surface area contributed by atoms with E-state index in [2.05, 4.69) is 11.1 Å². The van der Waals surface area contributed by atoms with Crippen molar-refractivity contribution in [3.63, 3.8) is 0 Å². The van der Waals surface area contributed by atoms with E-state index in [-0.39, 0.29) is 5.91 Å². The van der Waals surface area contributed by atoms with Gasteiger partial charge in [-0.25, -0.2) is 0 Å². The van der Waals surface area contributed by atoms with E-state index in [9.17, 15) is 4.79 Å². The maximum absolute atomic E-state index is 12.5. The maximum atomic E-state index is 12.5. The summed E-state index contributed by atoms with van der Waals surface area (Å²) in [6.45, 7) is 3.82. The van der Waals surface area contributed by atoms with Gasteiger partial charge < -0.3 is 9.88 Å². The fourth-order valence-corrected chi connectivity index (χ4v) is 2.75. The lowest BCUT2D eigenvalue weighted by atomic mass is 10.1. The number of benzene rings is 1. The number of aromatic amines is 1. The first-order valence-corrected chi connectivity index (χ1v) is 6.64. The summed E-state index contributed by atoms with van der Waals surface area (Å²) in [6.07, 6.45) is 3.51. The second-order valence-electron chi connectivity index (χ2n) is 5.02. The van der Waals surface area contributed by atoms with E-state index in [0.717, 1.165) is 48.1 Å². The number of carbonyl (C=O) groups excluding carboxylic acids is 1. The van der Waals surface area contributed by atoms with Gasteiger partial charge in [-0.05, 0) is 37.8 Å². The third kappa shape index (κ3) is 1.80. The molecule has 0 aliphatic carbocycles. The van der Waals surface area contributed by atoms with Gasteiger partial charge in [-0.1, -0.05) is 18.2 Å². The number of nitrogens with zero attached hydrogens (tertiary/aromatic N) is 1. The molecule has 0 bridgehead atoms. The van der Waals surface area contributed by atoms with Gasteiger partial charge in [0, 0.05) is 24.0 Å². The largest absolute Gasteiger partial charge is 0.350 e. The summed E-state index contributed by atoms with van der Waals surface area (Å²) in [5.41, 5.74) is 2.88. The Bertz CT molecular complexity index is 579. The molecule has 1 aromatic heterocycles. The van der Waals surface area contributed by atoms with Crippen molar-refractivity contribution in [2.45, 2.75) is 26.2 Å². The number of hydrogen-bond acceptors (Lipinski definition) is 1. The minimum absolute atomic E-state index is 0.156. The number of para-hydroxylation sites is 1. The highest BCUT2D eigenvalue weighted by Crippen LogP contribution is 2.23. The van der Waals surface area contributed by atoms with Gasteiger partial charge in [-0.15, -0.1) is 0 Å². The van der Waals surface area contributed by atoms with Crippen LogP contribution in [-0.4, -0.2) is 28.9 Å². The summed E-state index contributed by atoms with van der Waals surface area (Å²) in [6, 6.07) is 8.09. The van der Waals surface area contributed by atoms with Gasteiger partial charge in [-0.2, -0.15) is 0 Å². The molecule has 0 saturated carbocycles. The van der Waals surface area contributed by atoms with E-state index in [1.54, 1.807) is 0 Å². The molecule has 0 radical (unpaired) electrons. The molecule has 18 heavy (non-hydrogen) atoms. The number of likely N-dealkylation sites (tertiary alicyclic amines) is 1. The summed E-state index contributed by atoms with van der Waals surface area (Å²) in [7, 11) is 0. The van der Waals surface area contributed by atoms with Crippen LogP contribution >= 0.6 is 0 Å². The molecular weight excluding hydrogens is 224 g/mol. The third-order valence-electron chi connectivity index (χ3n) is 3.82. The van der Waals surface area contributed by atoms with Crippen molar-refractivity contribution in [2.24, 2.45) is 0 Å². The lowest BCUT2D eigenvalue weighted by Gasteiger charge is -2.26. The smallest absolute Gasteiger partial charge is 0.270 e. The highest BCUT2D eigenvalue weighted by Gasteiger charge is 2.21. The zero-order valence-corrected chi connectivity index (χ0v) is 10.7. The van der Waals surface area contributed by atoms with E-state index in [1.165, 1.54) is 6.42 Å². The standard InChI is InChI=1S/C15H18N2O/c1-11-12-7-3-4-8-13(12)16-14(11)15(18)17-9-5-2-6-10-17/h3-4,7-8,16H,2,5-6,9-10H2,1H3. The van der Waals surface area contributed by atoms with Gasteiger partial charge in [0.05, 0.1) is 0 Å². The van der Waals surface area contributed by atoms with Crippen molar-refractivity contribution >= 4 is 16.8 Å². The van der Waals surface area contributed by atoms with Crippen LogP contribution in [0.25, 0.3) is 10.9 Å². The Kier molecular flexibility index (Phi) is 2.82. The van der Waals surface area contributed by atoms with Gasteiger partial charge in [0.2, 0.25) is 0 Å². The zero-order valence-electron chi connectivity index (χ0n) is 10.7. The monoisotopic (exact) mass is 242 g/mol. The third-order valence-corrected chi connectivity index (χ3v) is 3.82. The van der Waals surface area contributed by atoms with E-state index >= 15 is 0 Å². The Hall–Kier alpha value is -1.77. The van der Waals surface area contributed by atoms with Crippen LogP contribution in [0, 0.1) is 6.92 Å². The van der Waals surface area contributed by atoms with Crippen molar-refractivity contribution in [3.8, 4) is 0 Å². The first kappa shape index (κ1) is 11.3. The predicted molar refractivity (Wildman–Crippen MR) is 72.8 cm³/mol. The molecule has 3 rings (SSSR count). The topological polar surface area (TPSA) is 36.1 Å². The van der Waals surface area contributed by atoms with Crippen LogP contribution in [0.5, 0.6) is 0 Å². The molecule has 0 spiro atoms. The number of nitrogens with one attached hydrogen (secondary N) is 1. The van der Waals surface area contributed by atoms with Crippen LogP contribution in [0.2, 0.25) is 0 Å². The fraction of sp³-hybridized carbons (Fsp3) is 0.400. The Balaban J connectivity index is 1.98. The van der Waals surface area contributed by atoms with Gasteiger partial charge in [0.15, 0.2) is 0 Å². The fourth-order valence-electron chi connectivity index (χ4n) is 2.75. The number of rotatable bonds is 1. The van der Waals surface area contributed by atoms with Crippen molar-refractivity contribution in [2.75, 3.05) is 13.1 Å². The normalized spacial score (nSPS) is 16.2. The SMILES string of the molecule is Cc1c(C(=O)N2CCCCC2)[nH]c2ccccc12. The number of carbonyl (C=O) groups is 1. The number of piperidine rings is 1. The quantitative estimate of drug-likeness (QED) is 0.819. The molecule has 3 nitrogen and oxygen atoms in total. The average molecular weight is 242 g/mol. The highest BCUT2D eigenvalue weighted by atomic mass is 16.2. The second kappa shape index (κ2) is 4.48. The molecule has 1 fully saturated rings. The van der Waals surface area contributed by atoms with Crippen LogP contribution in [0.3, 0.4) is 0 Å². The molecule has 0 atom stereocenters. The Labute approximate surface area is 107 Å². The number of H-pyrrole nitrogens is 1. The summed E-state index contributed by atoms with van der Waals surface area (Å²) in [4.78, 5) is 17.7. The maximum Gasteiger partial charge on any atom is 0.270 e. The minimum Gasteiger partial charge on any atom is -0.350 e. The van der Waals surface area contributed by atoms with Crippen molar-refractivity contribution < 1.29 is 4.79 Å². The van der Waals surface area contributed by atoms with Crippen LogP contribution in [-0.2, 0) is 0 Å². The summed E-state index contributed by atoms with van der Waals surface area (Å²) in [5.74, 6) is 0.156. The first-order chi connectivity index (χ1) is 8.77. The molecule has 3 heteroatoms. The molecule has 1 aliphatic rings. The molecule has 94 valence electrons. The van der Waals surface area contributed by atoms with E-state index in [0.29, 0.717) is 0 Å². The van der Waals surface area contributed by atoms with E-state index in [1.807, 2.05) is 30.0 Å². The summed E-state index contributed by atoms with van der Waals surface area (Å²) >= 11 is 0. The van der Waals surface area contributed by atoms with Gasteiger partial charge in [0.1, 0.15) is 5.69 Å². The van der Waals surface area contributed by atoms with Crippen molar-refractivity contribution in [1.29, 1.82) is 0 Å². The molecule has 1 N–H and O–H groups in total.